The molecule has 10 rings (SSSR count). The van der Waals surface area contributed by atoms with Crippen molar-refractivity contribution in [3.05, 3.63) is 158 Å². The van der Waals surface area contributed by atoms with Crippen LogP contribution in [-0.2, 0) is 0 Å². The molecule has 0 unspecified atom stereocenters. The first-order chi connectivity index (χ1) is 23.8. The van der Waals surface area contributed by atoms with E-state index in [-0.39, 0.29) is 0 Å². The molecule has 0 fully saturated rings. The van der Waals surface area contributed by atoms with Crippen LogP contribution >= 0.6 is 0 Å². The van der Waals surface area contributed by atoms with Crippen LogP contribution in [0.4, 0.5) is 0 Å². The van der Waals surface area contributed by atoms with E-state index in [0.29, 0.717) is 17.6 Å². The van der Waals surface area contributed by atoms with Crippen molar-refractivity contribution in [1.29, 1.82) is 0 Å². The summed E-state index contributed by atoms with van der Waals surface area (Å²) in [5.74, 6) is 1.76. The van der Waals surface area contributed by atoms with Crippen LogP contribution in [0.3, 0.4) is 0 Å². The smallest absolute Gasteiger partial charge is 0.238 e. The lowest BCUT2D eigenvalue weighted by molar-refractivity contribution is 0.669. The number of fused-ring (bicyclic) bond motifs is 7. The first kappa shape index (κ1) is 26.6. The van der Waals surface area contributed by atoms with Crippen LogP contribution in [0.5, 0.6) is 0 Å². The molecule has 7 aromatic carbocycles. The summed E-state index contributed by atoms with van der Waals surface area (Å²) in [6, 6.07) is 54.5. The lowest BCUT2D eigenvalue weighted by atomic mass is 9.97. The number of benzene rings is 7. The third-order valence-corrected chi connectivity index (χ3v) is 9.25. The zero-order chi connectivity index (χ0) is 31.6. The Morgan fingerprint density at radius 1 is 0.417 bits per heavy atom. The highest BCUT2D eigenvalue weighted by molar-refractivity contribution is 6.13. The highest BCUT2D eigenvalue weighted by Crippen LogP contribution is 2.39. The van der Waals surface area contributed by atoms with E-state index in [0.717, 1.165) is 66.0 Å². The standard InChI is InChI=1S/C43H26N4O/c1-2-12-28(13-3-1)41-44-42(46-43(45-41)47-36-18-8-6-15-33(36)34-16-7-9-19-37(34)47)31-23-24-35-39(26-31)48-38-20-10-17-32(40(35)38)30-22-21-27-11-4-5-14-29(27)25-30/h1-26H. The van der Waals surface area contributed by atoms with Gasteiger partial charge in [-0.1, -0.05) is 121 Å². The van der Waals surface area contributed by atoms with Crippen molar-refractivity contribution in [2.45, 2.75) is 0 Å². The fraction of sp³-hybridized carbons (Fsp3) is 0. The minimum atomic E-state index is 0.569. The maximum Gasteiger partial charge on any atom is 0.238 e. The van der Waals surface area contributed by atoms with Crippen LogP contribution in [-0.4, -0.2) is 19.5 Å². The Morgan fingerprint density at radius 2 is 1.08 bits per heavy atom. The molecule has 0 aliphatic rings. The van der Waals surface area contributed by atoms with Crippen molar-refractivity contribution < 1.29 is 4.42 Å². The van der Waals surface area contributed by atoms with Crippen molar-refractivity contribution in [1.82, 2.24) is 19.5 Å². The zero-order valence-corrected chi connectivity index (χ0v) is 25.7. The summed E-state index contributed by atoms with van der Waals surface area (Å²) in [6.07, 6.45) is 0. The van der Waals surface area contributed by atoms with Crippen molar-refractivity contribution in [2.75, 3.05) is 0 Å². The van der Waals surface area contributed by atoms with E-state index in [4.69, 9.17) is 19.4 Å². The number of hydrogen-bond acceptors (Lipinski definition) is 4. The van der Waals surface area contributed by atoms with E-state index in [1.165, 1.54) is 10.8 Å². The summed E-state index contributed by atoms with van der Waals surface area (Å²) in [6.45, 7) is 0. The van der Waals surface area contributed by atoms with Crippen molar-refractivity contribution in [3.8, 4) is 39.9 Å². The lowest BCUT2D eigenvalue weighted by Gasteiger charge is -2.11. The Labute approximate surface area is 275 Å². The highest BCUT2D eigenvalue weighted by Gasteiger charge is 2.19. The van der Waals surface area contributed by atoms with Gasteiger partial charge in [-0.05, 0) is 58.3 Å². The van der Waals surface area contributed by atoms with Gasteiger partial charge in [-0.15, -0.1) is 0 Å². The molecule has 10 aromatic rings. The molecule has 5 heteroatoms. The Kier molecular flexibility index (Phi) is 5.81. The van der Waals surface area contributed by atoms with Crippen LogP contribution in [0.25, 0.3) is 94.4 Å². The van der Waals surface area contributed by atoms with Gasteiger partial charge in [0.15, 0.2) is 11.6 Å². The molecule has 48 heavy (non-hydrogen) atoms. The first-order valence-corrected chi connectivity index (χ1v) is 16.0. The molecule has 3 heterocycles. The average Bonchev–Trinajstić information content (AvgIpc) is 3.70. The lowest BCUT2D eigenvalue weighted by Crippen LogP contribution is -2.06. The second kappa shape index (κ2) is 10.5. The van der Waals surface area contributed by atoms with Gasteiger partial charge < -0.3 is 4.42 Å². The Hall–Kier alpha value is -6.59. The molecular formula is C43H26N4O. The molecular weight excluding hydrogens is 589 g/mol. The van der Waals surface area contributed by atoms with Crippen molar-refractivity contribution in [2.24, 2.45) is 0 Å². The van der Waals surface area contributed by atoms with E-state index < -0.39 is 0 Å². The van der Waals surface area contributed by atoms with Gasteiger partial charge in [0.25, 0.3) is 0 Å². The molecule has 0 spiro atoms. The fourth-order valence-corrected chi connectivity index (χ4v) is 7.01. The molecule has 0 radical (unpaired) electrons. The quantitative estimate of drug-likeness (QED) is 0.198. The summed E-state index contributed by atoms with van der Waals surface area (Å²) in [7, 11) is 0. The Morgan fingerprint density at radius 3 is 1.88 bits per heavy atom. The van der Waals surface area contributed by atoms with Crippen LogP contribution < -0.4 is 0 Å². The SMILES string of the molecule is c1ccc(-c2nc(-c3ccc4c(c3)oc3cccc(-c5ccc6ccccc6c5)c34)nc(-n3c4ccccc4c4ccccc43)n2)cc1. The summed E-state index contributed by atoms with van der Waals surface area (Å²) in [5, 5.41) is 6.90. The Bertz CT molecular complexity index is 2800. The molecule has 0 bridgehead atoms. The Balaban J connectivity index is 1.18. The largest absolute Gasteiger partial charge is 0.456 e. The van der Waals surface area contributed by atoms with E-state index in [9.17, 15) is 0 Å². The number of furan rings is 1. The third-order valence-electron chi connectivity index (χ3n) is 9.25. The summed E-state index contributed by atoms with van der Waals surface area (Å²) >= 11 is 0. The van der Waals surface area contributed by atoms with Gasteiger partial charge in [0.05, 0.1) is 11.0 Å². The normalized spacial score (nSPS) is 11.8. The molecule has 0 aliphatic carbocycles. The average molecular weight is 615 g/mol. The zero-order valence-electron chi connectivity index (χ0n) is 25.7. The maximum atomic E-state index is 6.52. The minimum absolute atomic E-state index is 0.569. The van der Waals surface area contributed by atoms with Crippen LogP contribution in [0.1, 0.15) is 0 Å². The van der Waals surface area contributed by atoms with Crippen molar-refractivity contribution in [3.63, 3.8) is 0 Å². The summed E-state index contributed by atoms with van der Waals surface area (Å²) < 4.78 is 8.66. The van der Waals surface area contributed by atoms with Crippen LogP contribution in [0.2, 0.25) is 0 Å². The molecule has 5 nitrogen and oxygen atoms in total. The molecule has 0 aliphatic heterocycles. The number of nitrogens with zero attached hydrogens (tertiary/aromatic N) is 4. The van der Waals surface area contributed by atoms with Gasteiger partial charge in [-0.25, -0.2) is 4.98 Å². The van der Waals surface area contributed by atoms with Gasteiger partial charge in [-0.3, -0.25) is 4.57 Å². The predicted molar refractivity (Wildman–Crippen MR) is 195 cm³/mol. The highest BCUT2D eigenvalue weighted by atomic mass is 16.3. The van der Waals surface area contributed by atoms with Gasteiger partial charge in [0, 0.05) is 32.7 Å². The van der Waals surface area contributed by atoms with E-state index >= 15 is 0 Å². The predicted octanol–water partition coefficient (Wildman–Crippen LogP) is 11.0. The molecule has 3 aromatic heterocycles. The van der Waals surface area contributed by atoms with Crippen LogP contribution in [0.15, 0.2) is 162 Å². The van der Waals surface area contributed by atoms with Gasteiger partial charge in [0.1, 0.15) is 11.2 Å². The molecule has 0 amide bonds. The van der Waals surface area contributed by atoms with Gasteiger partial charge >= 0.3 is 0 Å². The van der Waals surface area contributed by atoms with E-state index in [1.807, 2.05) is 36.4 Å². The molecule has 0 saturated heterocycles. The molecule has 224 valence electrons. The van der Waals surface area contributed by atoms with Crippen molar-refractivity contribution >= 4 is 54.5 Å². The molecule has 0 saturated carbocycles. The first-order valence-electron chi connectivity index (χ1n) is 16.0. The van der Waals surface area contributed by atoms with Gasteiger partial charge in [-0.2, -0.15) is 9.97 Å². The second-order valence-electron chi connectivity index (χ2n) is 12.1. The molecule has 0 N–H and O–H groups in total. The molecule has 0 atom stereocenters. The van der Waals surface area contributed by atoms with E-state index in [1.54, 1.807) is 0 Å². The van der Waals surface area contributed by atoms with Crippen LogP contribution in [0, 0.1) is 0 Å². The third kappa shape index (κ3) is 4.15. The van der Waals surface area contributed by atoms with E-state index in [2.05, 4.69) is 126 Å². The number of rotatable bonds is 4. The summed E-state index contributed by atoms with van der Waals surface area (Å²) in [5.41, 5.74) is 7.81. The number of aromatic nitrogens is 4. The monoisotopic (exact) mass is 614 g/mol. The fourth-order valence-electron chi connectivity index (χ4n) is 7.01. The minimum Gasteiger partial charge on any atom is -0.456 e. The second-order valence-corrected chi connectivity index (χ2v) is 12.1. The maximum absolute atomic E-state index is 6.52. The number of hydrogen-bond donors (Lipinski definition) is 0. The summed E-state index contributed by atoms with van der Waals surface area (Å²) in [4.78, 5) is 15.2. The number of para-hydroxylation sites is 2. The topological polar surface area (TPSA) is 56.7 Å². The van der Waals surface area contributed by atoms with Gasteiger partial charge in [0.2, 0.25) is 5.95 Å².